The molecule has 3 atom stereocenters. The molecule has 0 radical (unpaired) electrons. The summed E-state index contributed by atoms with van der Waals surface area (Å²) in [6.07, 6.45) is 2.99. The Balaban J connectivity index is 1.31. The van der Waals surface area contributed by atoms with Gasteiger partial charge in [-0.05, 0) is 76.4 Å². The predicted molar refractivity (Wildman–Crippen MR) is 129 cm³/mol. The molecule has 2 heterocycles. The minimum atomic E-state index is -0.230. The lowest BCUT2D eigenvalue weighted by Gasteiger charge is -2.38. The molecule has 0 bridgehead atoms. The summed E-state index contributed by atoms with van der Waals surface area (Å²) in [4.78, 5) is 29.4. The van der Waals surface area contributed by atoms with Gasteiger partial charge in [0.15, 0.2) is 24.2 Å². The minimum Gasteiger partial charge on any atom is -0.486 e. The number of piperidine rings is 1. The first kappa shape index (κ1) is 23.9. The lowest BCUT2D eigenvalue weighted by Crippen LogP contribution is -2.49. The Morgan fingerprint density at radius 1 is 1.03 bits per heavy atom. The van der Waals surface area contributed by atoms with E-state index in [9.17, 15) is 9.59 Å². The molecule has 1 saturated heterocycles. The molecule has 1 fully saturated rings. The van der Waals surface area contributed by atoms with Crippen molar-refractivity contribution in [3.05, 3.63) is 54.1 Å². The van der Waals surface area contributed by atoms with Crippen molar-refractivity contribution in [1.29, 1.82) is 0 Å². The van der Waals surface area contributed by atoms with E-state index in [2.05, 4.69) is 13.8 Å². The number of hydrogen-bond acceptors (Lipinski definition) is 5. The Morgan fingerprint density at radius 3 is 2.38 bits per heavy atom. The molecule has 0 aliphatic carbocycles. The van der Waals surface area contributed by atoms with Gasteiger partial charge in [0.1, 0.15) is 12.4 Å². The van der Waals surface area contributed by atoms with E-state index >= 15 is 0 Å². The molecule has 2 amide bonds. The van der Waals surface area contributed by atoms with Crippen LogP contribution in [0.25, 0.3) is 0 Å². The topological polar surface area (TPSA) is 68.3 Å². The number of para-hydroxylation sites is 2. The van der Waals surface area contributed by atoms with Crippen molar-refractivity contribution in [3.63, 3.8) is 0 Å². The maximum absolute atomic E-state index is 13.1. The molecule has 0 aromatic heterocycles. The van der Waals surface area contributed by atoms with Crippen molar-refractivity contribution >= 4 is 11.8 Å². The number of fused-ring (bicyclic) bond motifs is 1. The van der Waals surface area contributed by atoms with Gasteiger partial charge in [-0.1, -0.05) is 12.1 Å². The van der Waals surface area contributed by atoms with Crippen molar-refractivity contribution in [2.45, 2.75) is 58.2 Å². The standard InChI is InChI=1S/C27H34N2O5/c1-4-28(16-23-17-33-24-10-5-6-11-25(24)34-23)27(31)21-12-14-22(15-13-21)32-18-26(30)29-19(2)8-7-9-20(29)3/h5-6,10-15,19-20,23H,4,7-9,16-18H2,1-3H3. The third kappa shape index (κ3) is 5.46. The molecule has 0 saturated carbocycles. The van der Waals surface area contributed by atoms with Crippen LogP contribution < -0.4 is 14.2 Å². The van der Waals surface area contributed by atoms with Gasteiger partial charge >= 0.3 is 0 Å². The van der Waals surface area contributed by atoms with Crippen molar-refractivity contribution in [2.24, 2.45) is 0 Å². The fourth-order valence-corrected chi connectivity index (χ4v) is 4.76. The summed E-state index contributed by atoms with van der Waals surface area (Å²) in [7, 11) is 0. The highest BCUT2D eigenvalue weighted by Crippen LogP contribution is 2.31. The number of nitrogens with zero attached hydrogens (tertiary/aromatic N) is 2. The van der Waals surface area contributed by atoms with Crippen LogP contribution in [0.4, 0.5) is 0 Å². The van der Waals surface area contributed by atoms with Crippen LogP contribution in [-0.2, 0) is 4.79 Å². The summed E-state index contributed by atoms with van der Waals surface area (Å²) in [6, 6.07) is 15.0. The van der Waals surface area contributed by atoms with Gasteiger partial charge < -0.3 is 24.0 Å². The molecule has 0 N–H and O–H groups in total. The molecule has 4 rings (SSSR count). The second-order valence-electron chi connectivity index (χ2n) is 9.08. The van der Waals surface area contributed by atoms with Gasteiger partial charge in [-0.15, -0.1) is 0 Å². The molecular weight excluding hydrogens is 432 g/mol. The van der Waals surface area contributed by atoms with Crippen molar-refractivity contribution in [2.75, 3.05) is 26.3 Å². The quantitative estimate of drug-likeness (QED) is 0.613. The number of likely N-dealkylation sites (N-methyl/N-ethyl adjacent to an activating group) is 1. The van der Waals surface area contributed by atoms with E-state index in [1.807, 2.05) is 36.1 Å². The molecule has 34 heavy (non-hydrogen) atoms. The first-order valence-electron chi connectivity index (χ1n) is 12.2. The van der Waals surface area contributed by atoms with Crippen LogP contribution in [0.15, 0.2) is 48.5 Å². The van der Waals surface area contributed by atoms with Gasteiger partial charge in [-0.25, -0.2) is 0 Å². The van der Waals surface area contributed by atoms with E-state index in [-0.39, 0.29) is 36.6 Å². The number of carbonyl (C=O) groups is 2. The lowest BCUT2D eigenvalue weighted by atomic mass is 9.97. The third-order valence-electron chi connectivity index (χ3n) is 6.61. The van der Waals surface area contributed by atoms with E-state index in [1.54, 1.807) is 29.2 Å². The highest BCUT2D eigenvalue weighted by Gasteiger charge is 2.29. The first-order chi connectivity index (χ1) is 16.5. The molecule has 7 nitrogen and oxygen atoms in total. The van der Waals surface area contributed by atoms with E-state index < -0.39 is 0 Å². The fourth-order valence-electron chi connectivity index (χ4n) is 4.76. The van der Waals surface area contributed by atoms with Crippen LogP contribution >= 0.6 is 0 Å². The largest absolute Gasteiger partial charge is 0.486 e. The zero-order chi connectivity index (χ0) is 24.1. The van der Waals surface area contributed by atoms with Crippen LogP contribution in [0.5, 0.6) is 17.2 Å². The van der Waals surface area contributed by atoms with E-state index in [0.717, 1.165) is 25.0 Å². The van der Waals surface area contributed by atoms with Gasteiger partial charge in [0.25, 0.3) is 11.8 Å². The highest BCUT2D eigenvalue weighted by molar-refractivity contribution is 5.94. The van der Waals surface area contributed by atoms with E-state index in [0.29, 0.717) is 36.8 Å². The Labute approximate surface area is 201 Å². The molecular formula is C27H34N2O5. The average molecular weight is 467 g/mol. The lowest BCUT2D eigenvalue weighted by molar-refractivity contribution is -0.139. The Kier molecular flexibility index (Phi) is 7.60. The van der Waals surface area contributed by atoms with E-state index in [4.69, 9.17) is 14.2 Å². The summed E-state index contributed by atoms with van der Waals surface area (Å²) in [5, 5.41) is 0. The maximum Gasteiger partial charge on any atom is 0.260 e. The average Bonchev–Trinajstić information content (AvgIpc) is 2.85. The number of carbonyl (C=O) groups excluding carboxylic acids is 2. The summed E-state index contributed by atoms with van der Waals surface area (Å²) in [5.74, 6) is 1.93. The number of amides is 2. The number of rotatable bonds is 7. The number of benzene rings is 2. The SMILES string of the molecule is CCN(CC1COc2ccccc2O1)C(=O)c1ccc(OCC(=O)N2C(C)CCCC2C)cc1. The zero-order valence-electron chi connectivity index (χ0n) is 20.2. The van der Waals surface area contributed by atoms with Gasteiger partial charge in [0, 0.05) is 24.2 Å². The van der Waals surface area contributed by atoms with Crippen molar-refractivity contribution in [3.8, 4) is 17.2 Å². The Bertz CT molecular complexity index is 983. The molecule has 7 heteroatoms. The van der Waals surface area contributed by atoms with Gasteiger partial charge in [-0.3, -0.25) is 9.59 Å². The van der Waals surface area contributed by atoms with Gasteiger partial charge in [0.2, 0.25) is 0 Å². The number of likely N-dealkylation sites (tertiary alicyclic amines) is 1. The summed E-state index contributed by atoms with van der Waals surface area (Å²) >= 11 is 0. The van der Waals surface area contributed by atoms with Crippen molar-refractivity contribution < 1.29 is 23.8 Å². The third-order valence-corrected chi connectivity index (χ3v) is 6.61. The van der Waals surface area contributed by atoms with Crippen LogP contribution in [0.1, 0.15) is 50.4 Å². The second-order valence-corrected chi connectivity index (χ2v) is 9.08. The van der Waals surface area contributed by atoms with Crippen molar-refractivity contribution in [1.82, 2.24) is 9.80 Å². The van der Waals surface area contributed by atoms with Crippen LogP contribution in [0, 0.1) is 0 Å². The molecule has 2 aromatic carbocycles. The van der Waals surface area contributed by atoms with Gasteiger partial charge in [0.05, 0.1) is 6.54 Å². The fraction of sp³-hybridized carbons (Fsp3) is 0.481. The normalized spacial score (nSPS) is 21.6. The first-order valence-corrected chi connectivity index (χ1v) is 12.2. The maximum atomic E-state index is 13.1. The van der Waals surface area contributed by atoms with Crippen LogP contribution in [-0.4, -0.2) is 66.1 Å². The number of hydrogen-bond donors (Lipinski definition) is 0. The molecule has 2 aliphatic rings. The Hall–Kier alpha value is -3.22. The number of ether oxygens (including phenoxy) is 3. The van der Waals surface area contributed by atoms with E-state index in [1.165, 1.54) is 0 Å². The minimum absolute atomic E-state index is 0.00352. The van der Waals surface area contributed by atoms with Crippen LogP contribution in [0.3, 0.4) is 0 Å². The molecule has 3 unspecified atom stereocenters. The van der Waals surface area contributed by atoms with Gasteiger partial charge in [-0.2, -0.15) is 0 Å². The predicted octanol–water partition coefficient (Wildman–Crippen LogP) is 4.16. The zero-order valence-corrected chi connectivity index (χ0v) is 20.2. The summed E-state index contributed by atoms with van der Waals surface area (Å²) in [6.45, 7) is 7.52. The second kappa shape index (κ2) is 10.8. The molecule has 182 valence electrons. The Morgan fingerprint density at radius 2 is 1.71 bits per heavy atom. The summed E-state index contributed by atoms with van der Waals surface area (Å²) < 4.78 is 17.5. The van der Waals surface area contributed by atoms with Crippen LogP contribution in [0.2, 0.25) is 0 Å². The molecule has 2 aliphatic heterocycles. The summed E-state index contributed by atoms with van der Waals surface area (Å²) in [5.41, 5.74) is 0.566. The molecule has 0 spiro atoms. The molecule has 2 aromatic rings. The smallest absolute Gasteiger partial charge is 0.260 e. The highest BCUT2D eigenvalue weighted by atomic mass is 16.6. The monoisotopic (exact) mass is 466 g/mol.